The van der Waals surface area contributed by atoms with Gasteiger partial charge in [-0.3, -0.25) is 0 Å². The SMILES string of the molecule is COc1cc(N)ccc1C(=O)OCc1cccc(F)c1. The molecule has 2 N–H and O–H groups in total. The number of carbonyl (C=O) groups excluding carboxylic acids is 1. The molecule has 0 saturated heterocycles. The first kappa shape index (κ1) is 13.9. The number of hydrogen-bond donors (Lipinski definition) is 1. The van der Waals surface area contributed by atoms with Crippen LogP contribution >= 0.6 is 0 Å². The molecule has 0 fully saturated rings. The second-order valence-corrected chi connectivity index (χ2v) is 4.17. The number of benzene rings is 2. The molecule has 20 heavy (non-hydrogen) atoms. The Kier molecular flexibility index (Phi) is 4.20. The summed E-state index contributed by atoms with van der Waals surface area (Å²) in [6.45, 7) is -0.00980. The molecule has 0 saturated carbocycles. The molecule has 0 aliphatic carbocycles. The topological polar surface area (TPSA) is 61.5 Å². The number of esters is 1. The summed E-state index contributed by atoms with van der Waals surface area (Å²) in [6, 6.07) is 10.5. The molecular weight excluding hydrogens is 261 g/mol. The van der Waals surface area contributed by atoms with Crippen LogP contribution in [-0.4, -0.2) is 13.1 Å². The monoisotopic (exact) mass is 275 g/mol. The maximum absolute atomic E-state index is 13.0. The van der Waals surface area contributed by atoms with Crippen LogP contribution in [0.25, 0.3) is 0 Å². The van der Waals surface area contributed by atoms with Crippen molar-refractivity contribution in [2.75, 3.05) is 12.8 Å². The highest BCUT2D eigenvalue weighted by molar-refractivity contribution is 5.93. The second-order valence-electron chi connectivity index (χ2n) is 4.17. The minimum Gasteiger partial charge on any atom is -0.496 e. The smallest absolute Gasteiger partial charge is 0.342 e. The van der Waals surface area contributed by atoms with Gasteiger partial charge in [0.2, 0.25) is 0 Å². The van der Waals surface area contributed by atoms with Gasteiger partial charge in [0.25, 0.3) is 0 Å². The lowest BCUT2D eigenvalue weighted by Crippen LogP contribution is -2.07. The Morgan fingerprint density at radius 1 is 1.25 bits per heavy atom. The van der Waals surface area contributed by atoms with Crippen LogP contribution in [-0.2, 0) is 11.3 Å². The van der Waals surface area contributed by atoms with Gasteiger partial charge in [0.05, 0.1) is 7.11 Å². The minimum absolute atomic E-state index is 0.00980. The molecule has 0 bridgehead atoms. The summed E-state index contributed by atoms with van der Waals surface area (Å²) in [5, 5.41) is 0. The Labute approximate surface area is 115 Å². The lowest BCUT2D eigenvalue weighted by Gasteiger charge is -2.09. The second kappa shape index (κ2) is 6.06. The molecule has 0 radical (unpaired) electrons. The molecule has 0 atom stereocenters. The quantitative estimate of drug-likeness (QED) is 0.688. The first-order chi connectivity index (χ1) is 9.60. The van der Waals surface area contributed by atoms with Gasteiger partial charge in [-0.25, -0.2) is 9.18 Å². The van der Waals surface area contributed by atoms with Crippen LogP contribution in [0.4, 0.5) is 10.1 Å². The standard InChI is InChI=1S/C15H14FNO3/c1-19-14-8-12(17)5-6-13(14)15(18)20-9-10-3-2-4-11(16)7-10/h2-8H,9,17H2,1H3. The average Bonchev–Trinajstić information content (AvgIpc) is 2.44. The molecule has 0 unspecified atom stereocenters. The Morgan fingerprint density at radius 2 is 2.05 bits per heavy atom. The normalized spacial score (nSPS) is 10.1. The number of methoxy groups -OCH3 is 1. The zero-order valence-corrected chi connectivity index (χ0v) is 10.9. The zero-order chi connectivity index (χ0) is 14.5. The Balaban J connectivity index is 2.09. The van der Waals surface area contributed by atoms with Gasteiger partial charge in [0.15, 0.2) is 0 Å². The van der Waals surface area contributed by atoms with Crippen LogP contribution in [0.5, 0.6) is 5.75 Å². The molecule has 4 nitrogen and oxygen atoms in total. The van der Waals surface area contributed by atoms with Crippen molar-refractivity contribution in [2.24, 2.45) is 0 Å². The van der Waals surface area contributed by atoms with E-state index in [0.29, 0.717) is 17.0 Å². The predicted octanol–water partition coefficient (Wildman–Crippen LogP) is 2.77. The highest BCUT2D eigenvalue weighted by Gasteiger charge is 2.14. The molecule has 5 heteroatoms. The first-order valence-electron chi connectivity index (χ1n) is 5.95. The van der Waals surface area contributed by atoms with Crippen LogP contribution in [0.15, 0.2) is 42.5 Å². The largest absolute Gasteiger partial charge is 0.496 e. The van der Waals surface area contributed by atoms with Gasteiger partial charge in [0.1, 0.15) is 23.7 Å². The number of hydrogen-bond acceptors (Lipinski definition) is 4. The van der Waals surface area contributed by atoms with E-state index in [4.69, 9.17) is 15.2 Å². The number of nitrogens with two attached hydrogens (primary N) is 1. The van der Waals surface area contributed by atoms with Crippen molar-refractivity contribution in [1.29, 1.82) is 0 Å². The molecule has 0 heterocycles. The van der Waals surface area contributed by atoms with Crippen LogP contribution in [0.2, 0.25) is 0 Å². The Bertz CT molecular complexity index is 628. The van der Waals surface area contributed by atoms with Crippen molar-refractivity contribution in [1.82, 2.24) is 0 Å². The van der Waals surface area contributed by atoms with Gasteiger partial charge in [-0.1, -0.05) is 12.1 Å². The lowest BCUT2D eigenvalue weighted by molar-refractivity contribution is 0.0468. The molecular formula is C15H14FNO3. The van der Waals surface area contributed by atoms with E-state index in [-0.39, 0.29) is 18.0 Å². The highest BCUT2D eigenvalue weighted by atomic mass is 19.1. The summed E-state index contributed by atoms with van der Waals surface area (Å²) in [6.07, 6.45) is 0. The van der Waals surface area contributed by atoms with E-state index in [1.807, 2.05) is 0 Å². The molecule has 0 aromatic heterocycles. The van der Waals surface area contributed by atoms with E-state index in [1.54, 1.807) is 24.3 Å². The van der Waals surface area contributed by atoms with Crippen molar-refractivity contribution in [3.05, 3.63) is 59.4 Å². The van der Waals surface area contributed by atoms with Gasteiger partial charge in [0, 0.05) is 11.8 Å². The fourth-order valence-corrected chi connectivity index (χ4v) is 1.73. The van der Waals surface area contributed by atoms with Crippen LogP contribution in [0.3, 0.4) is 0 Å². The summed E-state index contributed by atoms with van der Waals surface area (Å²) in [4.78, 5) is 12.0. The summed E-state index contributed by atoms with van der Waals surface area (Å²) < 4.78 is 23.2. The Hall–Kier alpha value is -2.56. The number of anilines is 1. The minimum atomic E-state index is -0.550. The van der Waals surface area contributed by atoms with Gasteiger partial charge in [-0.15, -0.1) is 0 Å². The maximum Gasteiger partial charge on any atom is 0.342 e. The van der Waals surface area contributed by atoms with E-state index in [2.05, 4.69) is 0 Å². The first-order valence-corrected chi connectivity index (χ1v) is 5.95. The predicted molar refractivity (Wildman–Crippen MR) is 72.9 cm³/mol. The Morgan fingerprint density at radius 3 is 2.75 bits per heavy atom. The summed E-state index contributed by atoms with van der Waals surface area (Å²) >= 11 is 0. The van der Waals surface area contributed by atoms with E-state index >= 15 is 0 Å². The van der Waals surface area contributed by atoms with E-state index in [1.165, 1.54) is 25.3 Å². The molecule has 2 rings (SSSR count). The molecule has 0 amide bonds. The van der Waals surface area contributed by atoms with Crippen LogP contribution in [0, 0.1) is 5.82 Å². The highest BCUT2D eigenvalue weighted by Crippen LogP contribution is 2.22. The van der Waals surface area contributed by atoms with Crippen molar-refractivity contribution in [3.8, 4) is 5.75 Å². The average molecular weight is 275 g/mol. The van der Waals surface area contributed by atoms with E-state index < -0.39 is 5.97 Å². The van der Waals surface area contributed by atoms with Crippen molar-refractivity contribution in [2.45, 2.75) is 6.61 Å². The van der Waals surface area contributed by atoms with Crippen molar-refractivity contribution < 1.29 is 18.7 Å². The van der Waals surface area contributed by atoms with Crippen molar-refractivity contribution >= 4 is 11.7 Å². The summed E-state index contributed by atoms with van der Waals surface area (Å²) in [7, 11) is 1.44. The van der Waals surface area contributed by atoms with Gasteiger partial charge >= 0.3 is 5.97 Å². The molecule has 2 aromatic rings. The number of carbonyl (C=O) groups is 1. The number of nitrogen functional groups attached to an aromatic ring is 1. The fourth-order valence-electron chi connectivity index (χ4n) is 1.73. The van der Waals surface area contributed by atoms with E-state index in [0.717, 1.165) is 0 Å². The number of halogens is 1. The van der Waals surface area contributed by atoms with Gasteiger partial charge < -0.3 is 15.2 Å². The summed E-state index contributed by atoms with van der Waals surface area (Å²) in [5.41, 5.74) is 6.95. The number of rotatable bonds is 4. The third-order valence-corrected chi connectivity index (χ3v) is 2.70. The fraction of sp³-hybridized carbons (Fsp3) is 0.133. The van der Waals surface area contributed by atoms with Gasteiger partial charge in [-0.2, -0.15) is 0 Å². The van der Waals surface area contributed by atoms with Crippen LogP contribution in [0.1, 0.15) is 15.9 Å². The molecule has 0 spiro atoms. The number of ether oxygens (including phenoxy) is 2. The third-order valence-electron chi connectivity index (χ3n) is 2.70. The van der Waals surface area contributed by atoms with E-state index in [9.17, 15) is 9.18 Å². The summed E-state index contributed by atoms with van der Waals surface area (Å²) in [5.74, 6) is -0.580. The molecule has 0 aliphatic rings. The van der Waals surface area contributed by atoms with Crippen molar-refractivity contribution in [3.63, 3.8) is 0 Å². The van der Waals surface area contributed by atoms with Crippen LogP contribution < -0.4 is 10.5 Å². The lowest BCUT2D eigenvalue weighted by atomic mass is 10.2. The zero-order valence-electron chi connectivity index (χ0n) is 10.9. The third kappa shape index (κ3) is 3.26. The maximum atomic E-state index is 13.0. The molecule has 104 valence electrons. The van der Waals surface area contributed by atoms with Gasteiger partial charge in [-0.05, 0) is 29.8 Å². The molecule has 0 aliphatic heterocycles. The molecule has 2 aromatic carbocycles.